The van der Waals surface area contributed by atoms with E-state index in [0.717, 1.165) is 16.9 Å². The number of carbonyl (C=O) groups is 1. The van der Waals surface area contributed by atoms with Crippen LogP contribution in [0.4, 0.5) is 4.79 Å². The summed E-state index contributed by atoms with van der Waals surface area (Å²) in [6.45, 7) is 1.20. The summed E-state index contributed by atoms with van der Waals surface area (Å²) in [7, 11) is 0. The van der Waals surface area contributed by atoms with Gasteiger partial charge in [0, 0.05) is 24.4 Å². The molecule has 1 aliphatic heterocycles. The zero-order valence-electron chi connectivity index (χ0n) is 12.3. The number of hydrogen-bond acceptors (Lipinski definition) is 2. The summed E-state index contributed by atoms with van der Waals surface area (Å²) in [5, 5.41) is 3.91. The van der Waals surface area contributed by atoms with E-state index in [1.165, 1.54) is 0 Å². The van der Waals surface area contributed by atoms with E-state index < -0.39 is 0 Å². The molecular formula is C17H16Cl2N2OS. The Morgan fingerprint density at radius 1 is 1.17 bits per heavy atom. The third-order valence-corrected chi connectivity index (χ3v) is 5.76. The van der Waals surface area contributed by atoms with E-state index >= 15 is 0 Å². The lowest BCUT2D eigenvalue weighted by Gasteiger charge is -2.25. The molecular weight excluding hydrogens is 351 g/mol. The minimum absolute atomic E-state index is 0.0834. The van der Waals surface area contributed by atoms with Gasteiger partial charge in [-0.1, -0.05) is 65.7 Å². The van der Waals surface area contributed by atoms with Crippen LogP contribution in [-0.2, 0) is 6.54 Å². The van der Waals surface area contributed by atoms with Gasteiger partial charge in [0.25, 0.3) is 0 Å². The van der Waals surface area contributed by atoms with E-state index in [4.69, 9.17) is 23.2 Å². The molecule has 1 unspecified atom stereocenters. The zero-order chi connectivity index (χ0) is 16.2. The summed E-state index contributed by atoms with van der Waals surface area (Å²) in [5.74, 6) is 0.881. The van der Waals surface area contributed by atoms with Gasteiger partial charge in [0.05, 0.1) is 10.0 Å². The summed E-state index contributed by atoms with van der Waals surface area (Å²) >= 11 is 14.1. The Morgan fingerprint density at radius 2 is 1.96 bits per heavy atom. The summed E-state index contributed by atoms with van der Waals surface area (Å²) in [6, 6.07) is 15.3. The number of nitrogens with one attached hydrogen (secondary N) is 1. The van der Waals surface area contributed by atoms with E-state index in [1.807, 2.05) is 47.4 Å². The Kier molecular flexibility index (Phi) is 5.36. The molecule has 1 fully saturated rings. The number of amides is 2. The first kappa shape index (κ1) is 16.5. The van der Waals surface area contributed by atoms with E-state index in [0.29, 0.717) is 23.1 Å². The fourth-order valence-electron chi connectivity index (χ4n) is 2.52. The zero-order valence-corrected chi connectivity index (χ0v) is 14.7. The van der Waals surface area contributed by atoms with Crippen molar-refractivity contribution >= 4 is 41.0 Å². The second kappa shape index (κ2) is 7.47. The molecule has 1 saturated heterocycles. The molecule has 2 aromatic rings. The third-order valence-electron chi connectivity index (χ3n) is 3.69. The van der Waals surface area contributed by atoms with Crippen LogP contribution in [0, 0.1) is 0 Å². The molecule has 3 rings (SSSR count). The van der Waals surface area contributed by atoms with Crippen molar-refractivity contribution in [3.8, 4) is 0 Å². The lowest BCUT2D eigenvalue weighted by Crippen LogP contribution is -2.39. The molecule has 0 spiro atoms. The van der Waals surface area contributed by atoms with Crippen molar-refractivity contribution in [2.45, 2.75) is 11.9 Å². The predicted molar refractivity (Wildman–Crippen MR) is 97.0 cm³/mol. The van der Waals surface area contributed by atoms with Crippen LogP contribution in [0.5, 0.6) is 0 Å². The van der Waals surface area contributed by atoms with Gasteiger partial charge in [-0.2, -0.15) is 0 Å². The monoisotopic (exact) mass is 366 g/mol. The van der Waals surface area contributed by atoms with Crippen LogP contribution in [0.25, 0.3) is 0 Å². The summed E-state index contributed by atoms with van der Waals surface area (Å²) in [4.78, 5) is 14.3. The van der Waals surface area contributed by atoms with Gasteiger partial charge in [0.2, 0.25) is 0 Å². The Bertz CT molecular complexity index is 696. The molecule has 1 aliphatic rings. The topological polar surface area (TPSA) is 32.3 Å². The largest absolute Gasteiger partial charge is 0.334 e. The van der Waals surface area contributed by atoms with Gasteiger partial charge in [-0.3, -0.25) is 0 Å². The van der Waals surface area contributed by atoms with Crippen molar-refractivity contribution in [1.82, 2.24) is 10.2 Å². The number of nitrogens with zero attached hydrogens (tertiary/aromatic N) is 1. The summed E-state index contributed by atoms with van der Waals surface area (Å²) in [6.07, 6.45) is 0. The van der Waals surface area contributed by atoms with Gasteiger partial charge in [0.1, 0.15) is 5.37 Å². The van der Waals surface area contributed by atoms with Gasteiger partial charge < -0.3 is 10.2 Å². The Hall–Kier alpha value is -1.36. The van der Waals surface area contributed by atoms with Crippen LogP contribution in [0.2, 0.25) is 10.0 Å². The van der Waals surface area contributed by atoms with Crippen LogP contribution in [-0.4, -0.2) is 23.2 Å². The SMILES string of the molecule is O=C(NCc1ccccc1)N1CCSC1c1cccc(Cl)c1Cl. The summed E-state index contributed by atoms with van der Waals surface area (Å²) < 4.78 is 0. The van der Waals surface area contributed by atoms with Gasteiger partial charge >= 0.3 is 6.03 Å². The van der Waals surface area contributed by atoms with E-state index in [9.17, 15) is 4.79 Å². The second-order valence-corrected chi connectivity index (χ2v) is 7.18. The molecule has 0 saturated carbocycles. The molecule has 2 amide bonds. The minimum Gasteiger partial charge on any atom is -0.334 e. The number of rotatable bonds is 3. The normalized spacial score (nSPS) is 17.3. The van der Waals surface area contributed by atoms with Gasteiger partial charge in [-0.05, 0) is 11.6 Å². The second-order valence-electron chi connectivity index (χ2n) is 5.20. The maximum atomic E-state index is 12.5. The van der Waals surface area contributed by atoms with E-state index in [2.05, 4.69) is 5.32 Å². The van der Waals surface area contributed by atoms with Crippen LogP contribution in [0.15, 0.2) is 48.5 Å². The highest BCUT2D eigenvalue weighted by Crippen LogP contribution is 2.42. The highest BCUT2D eigenvalue weighted by molar-refractivity contribution is 7.99. The molecule has 3 nitrogen and oxygen atoms in total. The number of thioether (sulfide) groups is 1. The van der Waals surface area contributed by atoms with Crippen LogP contribution in [0.1, 0.15) is 16.5 Å². The fraction of sp³-hybridized carbons (Fsp3) is 0.235. The Balaban J connectivity index is 1.71. The average Bonchev–Trinajstić information content (AvgIpc) is 3.05. The summed E-state index contributed by atoms with van der Waals surface area (Å²) in [5.41, 5.74) is 1.96. The molecule has 2 aromatic carbocycles. The Labute approximate surface area is 150 Å². The molecule has 0 bridgehead atoms. The first-order valence-electron chi connectivity index (χ1n) is 7.30. The van der Waals surface area contributed by atoms with Gasteiger partial charge in [-0.25, -0.2) is 4.79 Å². The van der Waals surface area contributed by atoms with Crippen LogP contribution >= 0.6 is 35.0 Å². The number of benzene rings is 2. The molecule has 120 valence electrons. The smallest absolute Gasteiger partial charge is 0.318 e. The lowest BCUT2D eigenvalue weighted by atomic mass is 10.2. The first-order chi connectivity index (χ1) is 11.2. The number of hydrogen-bond donors (Lipinski definition) is 1. The van der Waals surface area contributed by atoms with Crippen LogP contribution < -0.4 is 5.32 Å². The molecule has 0 radical (unpaired) electrons. The van der Waals surface area contributed by atoms with E-state index in [-0.39, 0.29) is 11.4 Å². The molecule has 1 N–H and O–H groups in total. The van der Waals surface area contributed by atoms with Gasteiger partial charge in [0.15, 0.2) is 0 Å². The van der Waals surface area contributed by atoms with Crippen molar-refractivity contribution in [2.75, 3.05) is 12.3 Å². The molecule has 1 atom stereocenters. The maximum Gasteiger partial charge on any atom is 0.318 e. The van der Waals surface area contributed by atoms with E-state index in [1.54, 1.807) is 17.8 Å². The molecule has 0 aliphatic carbocycles. The molecule has 0 aromatic heterocycles. The van der Waals surface area contributed by atoms with Crippen molar-refractivity contribution in [1.29, 1.82) is 0 Å². The van der Waals surface area contributed by atoms with Crippen molar-refractivity contribution in [2.24, 2.45) is 0 Å². The highest BCUT2D eigenvalue weighted by atomic mass is 35.5. The number of carbonyl (C=O) groups excluding carboxylic acids is 1. The van der Waals surface area contributed by atoms with Crippen molar-refractivity contribution in [3.05, 3.63) is 69.7 Å². The maximum absolute atomic E-state index is 12.5. The number of halogens is 2. The molecule has 23 heavy (non-hydrogen) atoms. The standard InChI is InChI=1S/C17H16Cl2N2OS/c18-14-8-4-7-13(15(14)19)16-21(9-10-23-16)17(22)20-11-12-5-2-1-3-6-12/h1-8,16H,9-11H2,(H,20,22). The molecule has 6 heteroatoms. The van der Waals surface area contributed by atoms with Crippen molar-refractivity contribution < 1.29 is 4.79 Å². The minimum atomic E-state index is -0.100. The average molecular weight is 367 g/mol. The number of urea groups is 1. The lowest BCUT2D eigenvalue weighted by molar-refractivity contribution is 0.200. The van der Waals surface area contributed by atoms with Crippen LogP contribution in [0.3, 0.4) is 0 Å². The van der Waals surface area contributed by atoms with Crippen molar-refractivity contribution in [3.63, 3.8) is 0 Å². The predicted octanol–water partition coefficient (Wildman–Crippen LogP) is 4.95. The Morgan fingerprint density at radius 3 is 2.74 bits per heavy atom. The molecule has 1 heterocycles. The fourth-order valence-corrected chi connectivity index (χ4v) is 4.28. The highest BCUT2D eigenvalue weighted by Gasteiger charge is 2.32. The van der Waals surface area contributed by atoms with Gasteiger partial charge in [-0.15, -0.1) is 11.8 Å². The quantitative estimate of drug-likeness (QED) is 0.833. The third kappa shape index (κ3) is 3.77. The first-order valence-corrected chi connectivity index (χ1v) is 9.11.